The fourth-order valence-electron chi connectivity index (χ4n) is 3.66. The fourth-order valence-corrected chi connectivity index (χ4v) is 3.66. The number of H-pyrrole nitrogens is 1. The van der Waals surface area contributed by atoms with Gasteiger partial charge in [0, 0.05) is 30.3 Å². The first kappa shape index (κ1) is 18.9. The summed E-state index contributed by atoms with van der Waals surface area (Å²) < 4.78 is 4.93. The van der Waals surface area contributed by atoms with Crippen molar-refractivity contribution in [1.29, 1.82) is 0 Å². The molecule has 1 aliphatic carbocycles. The molecule has 9 nitrogen and oxygen atoms in total. The molecule has 2 aromatic rings. The quantitative estimate of drug-likeness (QED) is 0.498. The second kappa shape index (κ2) is 9.20. The third-order valence-electron chi connectivity index (χ3n) is 4.99. The van der Waals surface area contributed by atoms with Gasteiger partial charge in [-0.25, -0.2) is 4.79 Å². The molecule has 3 rings (SSSR count). The molecule has 1 aliphatic rings. The molecule has 2 heterocycles. The van der Waals surface area contributed by atoms with Gasteiger partial charge in [0.25, 0.3) is 0 Å². The zero-order chi connectivity index (χ0) is 19.1. The molecular weight excluding hydrogens is 350 g/mol. The lowest BCUT2D eigenvalue weighted by Gasteiger charge is -2.10. The molecule has 4 N–H and O–H groups in total. The molecule has 2 atom stereocenters. The standard InChI is InChI=1S/C18H25N5O4/c24-17(10-14-6-8-20-27-14)21-16-11-15(22-23-16)13-5-4-12(9-13)3-1-2-7-19-18(25)26/h6,8,11-13,19H,1-5,7,9-10H2,(H,25,26)(H2,21,22,23,24)/t12-,13+/m0/s1. The Labute approximate surface area is 156 Å². The minimum atomic E-state index is -0.959. The molecule has 27 heavy (non-hydrogen) atoms. The molecule has 0 aliphatic heterocycles. The molecule has 0 unspecified atom stereocenters. The maximum atomic E-state index is 12.0. The number of carbonyl (C=O) groups is 2. The number of hydrogen-bond acceptors (Lipinski definition) is 5. The lowest BCUT2D eigenvalue weighted by atomic mass is 9.97. The number of rotatable bonds is 9. The van der Waals surface area contributed by atoms with Crippen molar-refractivity contribution in [2.75, 3.05) is 11.9 Å². The predicted octanol–water partition coefficient (Wildman–Crippen LogP) is 2.90. The van der Waals surface area contributed by atoms with E-state index in [1.807, 2.05) is 6.07 Å². The second-order valence-corrected chi connectivity index (χ2v) is 7.02. The van der Waals surface area contributed by atoms with Crippen LogP contribution in [0.1, 0.15) is 55.9 Å². The van der Waals surface area contributed by atoms with Crippen molar-refractivity contribution in [2.24, 2.45) is 5.92 Å². The van der Waals surface area contributed by atoms with Crippen LogP contribution in [0.5, 0.6) is 0 Å². The fraction of sp³-hybridized carbons (Fsp3) is 0.556. The normalized spacial score (nSPS) is 19.1. The first-order chi connectivity index (χ1) is 13.1. The summed E-state index contributed by atoms with van der Waals surface area (Å²) in [5.41, 5.74) is 1.06. The van der Waals surface area contributed by atoms with Crippen molar-refractivity contribution in [3.05, 3.63) is 29.8 Å². The zero-order valence-electron chi connectivity index (χ0n) is 15.1. The summed E-state index contributed by atoms with van der Waals surface area (Å²) in [7, 11) is 0. The molecule has 2 amide bonds. The topological polar surface area (TPSA) is 133 Å². The van der Waals surface area contributed by atoms with Gasteiger partial charge in [0.05, 0.1) is 12.6 Å². The van der Waals surface area contributed by atoms with E-state index in [2.05, 4.69) is 26.0 Å². The third-order valence-corrected chi connectivity index (χ3v) is 4.99. The van der Waals surface area contributed by atoms with Crippen molar-refractivity contribution in [3.63, 3.8) is 0 Å². The zero-order valence-corrected chi connectivity index (χ0v) is 15.1. The van der Waals surface area contributed by atoms with Crippen LogP contribution in [0.4, 0.5) is 10.6 Å². The monoisotopic (exact) mass is 375 g/mol. The van der Waals surface area contributed by atoms with E-state index in [-0.39, 0.29) is 12.3 Å². The van der Waals surface area contributed by atoms with E-state index in [1.165, 1.54) is 12.6 Å². The number of unbranched alkanes of at least 4 members (excludes halogenated alkanes) is 1. The number of hydrogen-bond donors (Lipinski definition) is 4. The first-order valence-corrected chi connectivity index (χ1v) is 9.31. The van der Waals surface area contributed by atoms with Gasteiger partial charge in [0.1, 0.15) is 5.76 Å². The van der Waals surface area contributed by atoms with Gasteiger partial charge in [-0.1, -0.05) is 18.0 Å². The van der Waals surface area contributed by atoms with Gasteiger partial charge >= 0.3 is 6.09 Å². The predicted molar refractivity (Wildman–Crippen MR) is 97.4 cm³/mol. The average Bonchev–Trinajstić information content (AvgIpc) is 3.35. The molecular formula is C18H25N5O4. The maximum Gasteiger partial charge on any atom is 0.404 e. The molecule has 1 saturated carbocycles. The number of nitrogens with zero attached hydrogens (tertiary/aromatic N) is 2. The Hall–Kier alpha value is -2.84. The summed E-state index contributed by atoms with van der Waals surface area (Å²) in [6, 6.07) is 3.56. The SMILES string of the molecule is O=C(O)NCCCC[C@H]1CC[C@@H](c2cc(NC(=O)Cc3ccno3)n[nH]2)C1. The average molecular weight is 375 g/mol. The minimum absolute atomic E-state index is 0.129. The van der Waals surface area contributed by atoms with E-state index >= 15 is 0 Å². The lowest BCUT2D eigenvalue weighted by Crippen LogP contribution is -2.21. The highest BCUT2D eigenvalue weighted by Gasteiger charge is 2.27. The van der Waals surface area contributed by atoms with E-state index in [0.717, 1.165) is 37.8 Å². The summed E-state index contributed by atoms with van der Waals surface area (Å²) in [5, 5.41) is 24.5. The Morgan fingerprint density at radius 3 is 3.00 bits per heavy atom. The van der Waals surface area contributed by atoms with Crippen molar-refractivity contribution >= 4 is 17.8 Å². The van der Waals surface area contributed by atoms with Crippen LogP contribution in [0.25, 0.3) is 0 Å². The van der Waals surface area contributed by atoms with E-state index in [4.69, 9.17) is 9.63 Å². The highest BCUT2D eigenvalue weighted by atomic mass is 16.5. The first-order valence-electron chi connectivity index (χ1n) is 9.31. The molecule has 0 spiro atoms. The van der Waals surface area contributed by atoms with Crippen LogP contribution < -0.4 is 10.6 Å². The minimum Gasteiger partial charge on any atom is -0.465 e. The summed E-state index contributed by atoms with van der Waals surface area (Å²) in [6.07, 6.45) is 7.07. The third kappa shape index (κ3) is 5.83. The summed E-state index contributed by atoms with van der Waals surface area (Å²) >= 11 is 0. The molecule has 146 valence electrons. The van der Waals surface area contributed by atoms with Gasteiger partial charge in [0.15, 0.2) is 5.82 Å². The van der Waals surface area contributed by atoms with Crippen LogP contribution >= 0.6 is 0 Å². The number of anilines is 1. The van der Waals surface area contributed by atoms with Crippen molar-refractivity contribution in [3.8, 4) is 0 Å². The number of nitrogens with one attached hydrogen (secondary N) is 3. The van der Waals surface area contributed by atoms with Crippen LogP contribution in [0, 0.1) is 5.92 Å². The Bertz CT molecular complexity index is 743. The number of aromatic amines is 1. The van der Waals surface area contributed by atoms with E-state index in [9.17, 15) is 9.59 Å². The lowest BCUT2D eigenvalue weighted by molar-refractivity contribution is -0.115. The van der Waals surface area contributed by atoms with Crippen LogP contribution in [-0.2, 0) is 11.2 Å². The smallest absolute Gasteiger partial charge is 0.404 e. The van der Waals surface area contributed by atoms with Crippen molar-refractivity contribution in [1.82, 2.24) is 20.7 Å². The molecule has 0 aromatic carbocycles. The van der Waals surface area contributed by atoms with Gasteiger partial charge in [-0.15, -0.1) is 0 Å². The van der Waals surface area contributed by atoms with E-state index in [0.29, 0.717) is 30.0 Å². The molecule has 1 fully saturated rings. The molecule has 2 aromatic heterocycles. The molecule has 0 radical (unpaired) electrons. The maximum absolute atomic E-state index is 12.0. The van der Waals surface area contributed by atoms with Gasteiger partial charge < -0.3 is 20.3 Å². The Morgan fingerprint density at radius 2 is 2.22 bits per heavy atom. The van der Waals surface area contributed by atoms with Crippen LogP contribution in [0.2, 0.25) is 0 Å². The molecule has 0 bridgehead atoms. The van der Waals surface area contributed by atoms with Gasteiger partial charge in [-0.05, 0) is 31.6 Å². The van der Waals surface area contributed by atoms with Crippen LogP contribution in [-0.4, -0.2) is 39.0 Å². The van der Waals surface area contributed by atoms with Crippen molar-refractivity contribution in [2.45, 2.75) is 50.9 Å². The largest absolute Gasteiger partial charge is 0.465 e. The molecule has 0 saturated heterocycles. The van der Waals surface area contributed by atoms with Gasteiger partial charge in [-0.2, -0.15) is 5.10 Å². The molecule has 9 heteroatoms. The van der Waals surface area contributed by atoms with E-state index in [1.54, 1.807) is 6.07 Å². The van der Waals surface area contributed by atoms with Crippen molar-refractivity contribution < 1.29 is 19.2 Å². The second-order valence-electron chi connectivity index (χ2n) is 7.02. The number of carboxylic acid groups (broad SMARTS) is 1. The van der Waals surface area contributed by atoms with E-state index < -0.39 is 6.09 Å². The summed E-state index contributed by atoms with van der Waals surface area (Å²) in [6.45, 7) is 0.517. The Balaban J connectivity index is 1.39. The highest BCUT2D eigenvalue weighted by molar-refractivity contribution is 5.91. The van der Waals surface area contributed by atoms with Gasteiger partial charge in [-0.3, -0.25) is 9.89 Å². The number of aromatic nitrogens is 3. The Morgan fingerprint density at radius 1 is 1.33 bits per heavy atom. The Kier molecular flexibility index (Phi) is 6.45. The van der Waals surface area contributed by atoms with Crippen LogP contribution in [0.3, 0.4) is 0 Å². The highest BCUT2D eigenvalue weighted by Crippen LogP contribution is 2.40. The number of amides is 2. The summed E-state index contributed by atoms with van der Waals surface area (Å²) in [4.78, 5) is 22.4. The van der Waals surface area contributed by atoms with Gasteiger partial charge in [0.2, 0.25) is 5.91 Å². The van der Waals surface area contributed by atoms with Crippen LogP contribution in [0.15, 0.2) is 22.9 Å². The number of carbonyl (C=O) groups excluding carboxylic acids is 1. The summed E-state index contributed by atoms with van der Waals surface area (Å²) in [5.74, 6) is 1.94.